The van der Waals surface area contributed by atoms with Crippen LogP contribution in [0.3, 0.4) is 0 Å². The Kier molecular flexibility index (Phi) is 4.08. The Morgan fingerprint density at radius 2 is 1.70 bits per heavy atom. The molecule has 1 amide bonds. The number of carbonyl (C=O) groups excluding carboxylic acids is 1. The van der Waals surface area contributed by atoms with Gasteiger partial charge in [-0.05, 0) is 36.6 Å². The fourth-order valence-corrected chi connectivity index (χ4v) is 2.19. The van der Waals surface area contributed by atoms with Gasteiger partial charge >= 0.3 is 0 Å². The normalized spacial score (nSPS) is 10.3. The number of nitrogens with two attached hydrogens (primary N) is 1. The third kappa shape index (κ3) is 2.82. The van der Waals surface area contributed by atoms with E-state index in [1.54, 1.807) is 18.0 Å². The lowest BCUT2D eigenvalue weighted by Crippen LogP contribution is -2.27. The molecule has 2 aromatic carbocycles. The number of rotatable bonds is 3. The fraction of sp³-hybridized carbons (Fsp3) is 0.235. The average Bonchev–Trinajstić information content (AvgIpc) is 2.43. The highest BCUT2D eigenvalue weighted by Crippen LogP contribution is 2.19. The molecule has 104 valence electrons. The molecule has 0 aromatic heterocycles. The molecule has 0 aliphatic rings. The number of para-hydroxylation sites is 1. The maximum atomic E-state index is 12.5. The van der Waals surface area contributed by atoms with Gasteiger partial charge in [-0.25, -0.2) is 0 Å². The first kappa shape index (κ1) is 14.1. The summed E-state index contributed by atoms with van der Waals surface area (Å²) in [4.78, 5) is 14.2. The number of carbonyl (C=O) groups is 1. The summed E-state index contributed by atoms with van der Waals surface area (Å²) in [6.45, 7) is 4.54. The standard InChI is InChI=1S/C17H20N2O/c1-12-7-4-5-9-14(12)11-19(3)17(20)15-10-6-8-13(2)16(15)18/h4-10H,11,18H2,1-3H3. The minimum absolute atomic E-state index is 0.0468. The molecule has 2 N–H and O–H groups in total. The number of hydrogen-bond acceptors (Lipinski definition) is 2. The zero-order valence-electron chi connectivity index (χ0n) is 12.2. The summed E-state index contributed by atoms with van der Waals surface area (Å²) in [7, 11) is 1.80. The van der Waals surface area contributed by atoms with Crippen molar-refractivity contribution in [2.45, 2.75) is 20.4 Å². The fourth-order valence-electron chi connectivity index (χ4n) is 2.19. The number of nitrogen functional groups attached to an aromatic ring is 1. The smallest absolute Gasteiger partial charge is 0.255 e. The number of amides is 1. The van der Waals surface area contributed by atoms with Crippen LogP contribution in [0.1, 0.15) is 27.0 Å². The van der Waals surface area contributed by atoms with Gasteiger partial charge in [0.15, 0.2) is 0 Å². The van der Waals surface area contributed by atoms with Crippen LogP contribution in [0.15, 0.2) is 42.5 Å². The first-order valence-corrected chi connectivity index (χ1v) is 6.65. The second-order valence-electron chi connectivity index (χ2n) is 5.12. The van der Waals surface area contributed by atoms with Crippen molar-refractivity contribution in [1.82, 2.24) is 4.90 Å². The molecule has 0 bridgehead atoms. The van der Waals surface area contributed by atoms with Crippen LogP contribution in [0.4, 0.5) is 5.69 Å². The third-order valence-electron chi connectivity index (χ3n) is 3.57. The van der Waals surface area contributed by atoms with Crippen molar-refractivity contribution in [2.75, 3.05) is 12.8 Å². The van der Waals surface area contributed by atoms with E-state index in [0.29, 0.717) is 17.8 Å². The van der Waals surface area contributed by atoms with Gasteiger partial charge < -0.3 is 10.6 Å². The number of benzene rings is 2. The number of aryl methyl sites for hydroxylation is 2. The molecule has 0 saturated carbocycles. The van der Waals surface area contributed by atoms with Crippen molar-refractivity contribution in [3.8, 4) is 0 Å². The van der Waals surface area contributed by atoms with E-state index in [-0.39, 0.29) is 5.91 Å². The van der Waals surface area contributed by atoms with Crippen LogP contribution in [0.25, 0.3) is 0 Å². The highest BCUT2D eigenvalue weighted by molar-refractivity contribution is 5.99. The Labute approximate surface area is 120 Å². The van der Waals surface area contributed by atoms with Gasteiger partial charge in [-0.3, -0.25) is 4.79 Å². The second-order valence-corrected chi connectivity index (χ2v) is 5.12. The van der Waals surface area contributed by atoms with E-state index in [1.165, 1.54) is 5.56 Å². The maximum absolute atomic E-state index is 12.5. The predicted octanol–water partition coefficient (Wildman–Crippen LogP) is 3.16. The van der Waals surface area contributed by atoms with Crippen LogP contribution in [0, 0.1) is 13.8 Å². The molecule has 0 aliphatic heterocycles. The third-order valence-corrected chi connectivity index (χ3v) is 3.57. The van der Waals surface area contributed by atoms with Crippen molar-refractivity contribution in [1.29, 1.82) is 0 Å². The Bertz CT molecular complexity index is 635. The lowest BCUT2D eigenvalue weighted by molar-refractivity contribution is 0.0786. The predicted molar refractivity (Wildman–Crippen MR) is 82.6 cm³/mol. The van der Waals surface area contributed by atoms with Gasteiger partial charge in [0.25, 0.3) is 5.91 Å². The molecule has 0 aliphatic carbocycles. The summed E-state index contributed by atoms with van der Waals surface area (Å²) in [6.07, 6.45) is 0. The number of nitrogens with zero attached hydrogens (tertiary/aromatic N) is 1. The average molecular weight is 268 g/mol. The summed E-state index contributed by atoms with van der Waals surface area (Å²) in [6, 6.07) is 13.6. The largest absolute Gasteiger partial charge is 0.398 e. The molecule has 3 heteroatoms. The van der Waals surface area contributed by atoms with Crippen molar-refractivity contribution in [3.63, 3.8) is 0 Å². The highest BCUT2D eigenvalue weighted by atomic mass is 16.2. The Morgan fingerprint density at radius 3 is 2.40 bits per heavy atom. The maximum Gasteiger partial charge on any atom is 0.255 e. The minimum atomic E-state index is -0.0468. The first-order chi connectivity index (χ1) is 9.50. The molecule has 2 aromatic rings. The molecule has 0 heterocycles. The van der Waals surface area contributed by atoms with Crippen LogP contribution in [-0.4, -0.2) is 17.9 Å². The Morgan fingerprint density at radius 1 is 1.05 bits per heavy atom. The number of hydrogen-bond donors (Lipinski definition) is 1. The highest BCUT2D eigenvalue weighted by Gasteiger charge is 2.16. The van der Waals surface area contributed by atoms with Crippen LogP contribution < -0.4 is 5.73 Å². The first-order valence-electron chi connectivity index (χ1n) is 6.65. The van der Waals surface area contributed by atoms with Crippen molar-refractivity contribution >= 4 is 11.6 Å². The van der Waals surface area contributed by atoms with Crippen molar-refractivity contribution < 1.29 is 4.79 Å². The van der Waals surface area contributed by atoms with Crippen LogP contribution in [0.5, 0.6) is 0 Å². The molecule has 0 radical (unpaired) electrons. The summed E-state index contributed by atoms with van der Waals surface area (Å²) in [5, 5.41) is 0. The molecule has 0 saturated heterocycles. The topological polar surface area (TPSA) is 46.3 Å². The van der Waals surface area contributed by atoms with Gasteiger partial charge in [0.2, 0.25) is 0 Å². The second kappa shape index (κ2) is 5.78. The zero-order valence-corrected chi connectivity index (χ0v) is 12.2. The van der Waals surface area contributed by atoms with Gasteiger partial charge in [0, 0.05) is 19.3 Å². The van der Waals surface area contributed by atoms with Gasteiger partial charge in [-0.1, -0.05) is 36.4 Å². The SMILES string of the molecule is Cc1ccccc1CN(C)C(=O)c1cccc(C)c1N. The van der Waals surface area contributed by atoms with Gasteiger partial charge in [0.1, 0.15) is 0 Å². The van der Waals surface area contributed by atoms with Crippen LogP contribution >= 0.6 is 0 Å². The molecule has 2 rings (SSSR count). The Balaban J connectivity index is 2.21. The lowest BCUT2D eigenvalue weighted by atomic mass is 10.1. The van der Waals surface area contributed by atoms with E-state index < -0.39 is 0 Å². The monoisotopic (exact) mass is 268 g/mol. The molecular weight excluding hydrogens is 248 g/mol. The molecule has 0 spiro atoms. The van der Waals surface area contributed by atoms with Gasteiger partial charge in [0.05, 0.1) is 5.56 Å². The minimum Gasteiger partial charge on any atom is -0.398 e. The zero-order chi connectivity index (χ0) is 14.7. The van der Waals surface area contributed by atoms with E-state index >= 15 is 0 Å². The Hall–Kier alpha value is -2.29. The van der Waals surface area contributed by atoms with E-state index in [1.807, 2.05) is 37.3 Å². The van der Waals surface area contributed by atoms with Gasteiger partial charge in [-0.2, -0.15) is 0 Å². The van der Waals surface area contributed by atoms with Gasteiger partial charge in [-0.15, -0.1) is 0 Å². The molecular formula is C17H20N2O. The van der Waals surface area contributed by atoms with Crippen LogP contribution in [-0.2, 0) is 6.54 Å². The molecule has 0 atom stereocenters. The molecule has 20 heavy (non-hydrogen) atoms. The van der Waals surface area contributed by atoms with E-state index in [9.17, 15) is 4.79 Å². The van der Waals surface area contributed by atoms with Crippen LogP contribution in [0.2, 0.25) is 0 Å². The summed E-state index contributed by atoms with van der Waals surface area (Å²) in [5.74, 6) is -0.0468. The lowest BCUT2D eigenvalue weighted by Gasteiger charge is -2.20. The molecule has 0 fully saturated rings. The van der Waals surface area contributed by atoms with Crippen molar-refractivity contribution in [2.24, 2.45) is 0 Å². The molecule has 3 nitrogen and oxygen atoms in total. The quantitative estimate of drug-likeness (QED) is 0.869. The molecule has 0 unspecified atom stereocenters. The van der Waals surface area contributed by atoms with E-state index in [0.717, 1.165) is 11.1 Å². The summed E-state index contributed by atoms with van der Waals surface area (Å²) in [5.41, 5.74) is 10.4. The summed E-state index contributed by atoms with van der Waals surface area (Å²) >= 11 is 0. The number of anilines is 1. The van der Waals surface area contributed by atoms with E-state index in [2.05, 4.69) is 13.0 Å². The summed E-state index contributed by atoms with van der Waals surface area (Å²) < 4.78 is 0. The van der Waals surface area contributed by atoms with Crippen molar-refractivity contribution in [3.05, 3.63) is 64.7 Å². The van der Waals surface area contributed by atoms with E-state index in [4.69, 9.17) is 5.73 Å².